The zero-order valence-corrected chi connectivity index (χ0v) is 24.3. The van der Waals surface area contributed by atoms with Gasteiger partial charge < -0.3 is 14.2 Å². The molecular formula is C30H36N6O5. The Morgan fingerprint density at radius 2 is 1.76 bits per heavy atom. The SMILES string of the molecule is COC(=O)c1ccc(O[C@H]2CC[C@@H](n3nc(-c4cnn(C)c4)c4cnc(N(C)C(=O)OC(C)(C)C)cc43)CC2)cc1. The maximum absolute atomic E-state index is 12.8. The first-order valence-electron chi connectivity index (χ1n) is 13.7. The maximum Gasteiger partial charge on any atom is 0.415 e. The molecule has 0 saturated heterocycles. The van der Waals surface area contributed by atoms with E-state index < -0.39 is 11.7 Å². The molecule has 1 fully saturated rings. The monoisotopic (exact) mass is 560 g/mol. The summed E-state index contributed by atoms with van der Waals surface area (Å²) in [6.07, 6.45) is 8.52. The van der Waals surface area contributed by atoms with Crippen LogP contribution in [0.1, 0.15) is 62.9 Å². The van der Waals surface area contributed by atoms with Gasteiger partial charge in [-0.3, -0.25) is 14.3 Å². The third-order valence-electron chi connectivity index (χ3n) is 7.13. The number of anilines is 1. The molecule has 5 rings (SSSR count). The first-order chi connectivity index (χ1) is 19.5. The molecule has 0 radical (unpaired) electrons. The lowest BCUT2D eigenvalue weighted by atomic mass is 9.93. The van der Waals surface area contributed by atoms with E-state index in [4.69, 9.17) is 19.3 Å². The number of nitrogens with zero attached hydrogens (tertiary/aromatic N) is 6. The zero-order chi connectivity index (χ0) is 29.3. The number of aryl methyl sites for hydroxylation is 1. The number of rotatable bonds is 6. The maximum atomic E-state index is 12.8. The second kappa shape index (κ2) is 11.2. The van der Waals surface area contributed by atoms with Crippen LogP contribution in [0.4, 0.5) is 10.6 Å². The number of carbonyl (C=O) groups excluding carboxylic acids is 2. The Bertz CT molecular complexity index is 1540. The van der Waals surface area contributed by atoms with Crippen LogP contribution in [-0.4, -0.2) is 62.5 Å². The van der Waals surface area contributed by atoms with Crippen molar-refractivity contribution in [1.82, 2.24) is 24.5 Å². The predicted molar refractivity (Wildman–Crippen MR) is 154 cm³/mol. The molecular weight excluding hydrogens is 524 g/mol. The third-order valence-corrected chi connectivity index (χ3v) is 7.13. The Kier molecular flexibility index (Phi) is 7.70. The molecule has 1 saturated carbocycles. The van der Waals surface area contributed by atoms with Gasteiger partial charge in [-0.1, -0.05) is 0 Å². The van der Waals surface area contributed by atoms with Crippen molar-refractivity contribution in [2.75, 3.05) is 19.1 Å². The minimum atomic E-state index is -0.616. The van der Waals surface area contributed by atoms with Gasteiger partial charge in [0.05, 0.1) is 36.5 Å². The van der Waals surface area contributed by atoms with Gasteiger partial charge in [-0.05, 0) is 70.7 Å². The molecule has 216 valence electrons. The number of ether oxygens (including phenoxy) is 3. The van der Waals surface area contributed by atoms with Crippen LogP contribution in [0.2, 0.25) is 0 Å². The molecule has 3 aromatic heterocycles. The van der Waals surface area contributed by atoms with Crippen LogP contribution in [0.5, 0.6) is 5.75 Å². The smallest absolute Gasteiger partial charge is 0.415 e. The Balaban J connectivity index is 1.38. The summed E-state index contributed by atoms with van der Waals surface area (Å²) in [5, 5.41) is 10.3. The highest BCUT2D eigenvalue weighted by Gasteiger charge is 2.28. The standard InChI is InChI=1S/C30H36N6O5/c1-30(2,3)41-29(38)35(5)26-15-25-24(17-31-26)27(20-16-32-34(4)18-20)33-36(25)21-9-13-23(14-10-21)40-22-11-7-19(8-12-22)28(37)39-6/h7-8,11-12,15-18,21,23H,9-10,13-14H2,1-6H3/t21-,23+. The molecule has 0 unspecified atom stereocenters. The van der Waals surface area contributed by atoms with Crippen LogP contribution < -0.4 is 9.64 Å². The number of amides is 1. The number of fused-ring (bicyclic) bond motifs is 1. The van der Waals surface area contributed by atoms with Crippen LogP contribution in [-0.2, 0) is 16.5 Å². The number of hydrogen-bond donors (Lipinski definition) is 0. The van der Waals surface area contributed by atoms with Crippen LogP contribution in [0.3, 0.4) is 0 Å². The number of pyridine rings is 1. The summed E-state index contributed by atoms with van der Waals surface area (Å²) >= 11 is 0. The Hall–Kier alpha value is -4.41. The molecule has 0 spiro atoms. The van der Waals surface area contributed by atoms with Gasteiger partial charge in [0.25, 0.3) is 0 Å². The van der Waals surface area contributed by atoms with E-state index in [9.17, 15) is 9.59 Å². The van der Waals surface area contributed by atoms with Gasteiger partial charge in [-0.2, -0.15) is 10.2 Å². The van der Waals surface area contributed by atoms with Crippen LogP contribution in [0.15, 0.2) is 48.9 Å². The van der Waals surface area contributed by atoms with E-state index in [1.165, 1.54) is 12.0 Å². The van der Waals surface area contributed by atoms with E-state index >= 15 is 0 Å². The van der Waals surface area contributed by atoms with Gasteiger partial charge in [0.2, 0.25) is 0 Å². The Morgan fingerprint density at radius 1 is 1.05 bits per heavy atom. The van der Waals surface area contributed by atoms with Crippen molar-refractivity contribution in [3.05, 3.63) is 54.5 Å². The summed E-state index contributed by atoms with van der Waals surface area (Å²) in [4.78, 5) is 30.5. The summed E-state index contributed by atoms with van der Waals surface area (Å²) in [6.45, 7) is 5.51. The summed E-state index contributed by atoms with van der Waals surface area (Å²) < 4.78 is 20.4. The van der Waals surface area contributed by atoms with Gasteiger partial charge in [0.15, 0.2) is 0 Å². The van der Waals surface area contributed by atoms with E-state index in [2.05, 4.69) is 14.8 Å². The van der Waals surface area contributed by atoms with Crippen molar-refractivity contribution in [3.8, 4) is 17.0 Å². The van der Waals surface area contributed by atoms with Gasteiger partial charge in [0.1, 0.15) is 22.9 Å². The predicted octanol–water partition coefficient (Wildman–Crippen LogP) is 5.55. The molecule has 1 aliphatic carbocycles. The van der Waals surface area contributed by atoms with Crippen molar-refractivity contribution in [2.24, 2.45) is 7.05 Å². The summed E-state index contributed by atoms with van der Waals surface area (Å²) in [7, 11) is 4.90. The molecule has 4 aromatic rings. The molecule has 1 amide bonds. The van der Waals surface area contributed by atoms with Crippen molar-refractivity contribution in [3.63, 3.8) is 0 Å². The highest BCUT2D eigenvalue weighted by Crippen LogP contribution is 2.37. The first kappa shape index (κ1) is 28.1. The van der Waals surface area contributed by atoms with E-state index in [0.717, 1.165) is 53.6 Å². The molecule has 0 aliphatic heterocycles. The summed E-state index contributed by atoms with van der Waals surface area (Å²) in [5.74, 6) is 0.841. The topological polar surface area (TPSA) is 114 Å². The molecule has 0 bridgehead atoms. The highest BCUT2D eigenvalue weighted by atomic mass is 16.6. The van der Waals surface area contributed by atoms with Crippen molar-refractivity contribution in [1.29, 1.82) is 0 Å². The highest BCUT2D eigenvalue weighted by molar-refractivity contribution is 5.96. The van der Waals surface area contributed by atoms with Crippen molar-refractivity contribution >= 4 is 28.8 Å². The lowest BCUT2D eigenvalue weighted by molar-refractivity contribution is 0.0583. The summed E-state index contributed by atoms with van der Waals surface area (Å²) in [5.41, 5.74) is 2.47. The van der Waals surface area contributed by atoms with E-state index in [1.54, 1.807) is 48.4 Å². The largest absolute Gasteiger partial charge is 0.490 e. The molecule has 1 aliphatic rings. The second-order valence-electron chi connectivity index (χ2n) is 11.4. The molecule has 41 heavy (non-hydrogen) atoms. The molecule has 11 heteroatoms. The molecule has 1 aromatic carbocycles. The quantitative estimate of drug-likeness (QED) is 0.282. The minimum absolute atomic E-state index is 0.0605. The number of esters is 1. The Labute approximate surface area is 239 Å². The molecule has 0 N–H and O–H groups in total. The lowest BCUT2D eigenvalue weighted by Crippen LogP contribution is -2.34. The lowest BCUT2D eigenvalue weighted by Gasteiger charge is -2.29. The first-order valence-corrected chi connectivity index (χ1v) is 13.7. The number of carbonyl (C=O) groups is 2. The molecule has 3 heterocycles. The van der Waals surface area contributed by atoms with Crippen molar-refractivity contribution < 1.29 is 23.8 Å². The normalized spacial score (nSPS) is 17.3. The van der Waals surface area contributed by atoms with Gasteiger partial charge >= 0.3 is 12.1 Å². The van der Waals surface area contributed by atoms with Crippen molar-refractivity contribution in [2.45, 2.75) is 64.2 Å². The molecule has 0 atom stereocenters. The van der Waals surface area contributed by atoms with Gasteiger partial charge in [0, 0.05) is 43.5 Å². The fourth-order valence-electron chi connectivity index (χ4n) is 5.05. The minimum Gasteiger partial charge on any atom is -0.490 e. The number of benzene rings is 1. The number of aromatic nitrogens is 5. The van der Waals surface area contributed by atoms with Gasteiger partial charge in [-0.25, -0.2) is 14.6 Å². The zero-order valence-electron chi connectivity index (χ0n) is 24.3. The van der Waals surface area contributed by atoms with Crippen LogP contribution in [0.25, 0.3) is 22.2 Å². The third kappa shape index (κ3) is 6.18. The summed E-state index contributed by atoms with van der Waals surface area (Å²) in [6, 6.07) is 9.07. The van der Waals surface area contributed by atoms with E-state index in [-0.39, 0.29) is 18.1 Å². The van der Waals surface area contributed by atoms with E-state index in [0.29, 0.717) is 11.4 Å². The second-order valence-corrected chi connectivity index (χ2v) is 11.4. The number of hydrogen-bond acceptors (Lipinski definition) is 8. The average Bonchev–Trinajstić information content (AvgIpc) is 3.55. The molecule has 11 nitrogen and oxygen atoms in total. The fourth-order valence-corrected chi connectivity index (χ4v) is 5.05. The van der Waals surface area contributed by atoms with Crippen LogP contribution in [0, 0.1) is 0 Å². The number of methoxy groups -OCH3 is 1. The van der Waals surface area contributed by atoms with Crippen LogP contribution >= 0.6 is 0 Å². The Morgan fingerprint density at radius 3 is 2.37 bits per heavy atom. The van der Waals surface area contributed by atoms with Gasteiger partial charge in [-0.15, -0.1) is 0 Å². The average molecular weight is 561 g/mol. The van der Waals surface area contributed by atoms with E-state index in [1.807, 2.05) is 40.1 Å². The fraction of sp³-hybridized carbons (Fsp3) is 0.433.